The molecule has 16 heavy (non-hydrogen) atoms. The molecule has 0 radical (unpaired) electrons. The highest BCUT2D eigenvalue weighted by Gasteiger charge is 2.11. The van der Waals surface area contributed by atoms with Crippen molar-refractivity contribution < 1.29 is 4.79 Å². The van der Waals surface area contributed by atoms with Crippen molar-refractivity contribution in [2.45, 2.75) is 19.3 Å². The van der Waals surface area contributed by atoms with Gasteiger partial charge < -0.3 is 10.6 Å². The van der Waals surface area contributed by atoms with Crippen LogP contribution in [-0.2, 0) is 0 Å². The number of urea groups is 1. The molecule has 0 spiro atoms. The molecule has 1 aliphatic heterocycles. The van der Waals surface area contributed by atoms with Crippen LogP contribution in [0.1, 0.15) is 19.3 Å². The minimum Gasteiger partial charge on any atom is -0.351 e. The minimum atomic E-state index is -0.269. The Bertz CT molecular complexity index is 312. The van der Waals surface area contributed by atoms with Crippen molar-refractivity contribution in [3.05, 3.63) is 29.5 Å². The van der Waals surface area contributed by atoms with E-state index in [1.54, 1.807) is 17.2 Å². The molecule has 2 amide bonds. The van der Waals surface area contributed by atoms with Gasteiger partial charge in [-0.15, -0.1) is 0 Å². The lowest BCUT2D eigenvalue weighted by Gasteiger charge is -2.24. The van der Waals surface area contributed by atoms with E-state index in [0.717, 1.165) is 25.9 Å². The molecule has 0 saturated carbocycles. The summed E-state index contributed by atoms with van der Waals surface area (Å²) < 4.78 is 0. The highest BCUT2D eigenvalue weighted by molar-refractivity contribution is 6.29. The number of hydrogen-bond donors (Lipinski definition) is 1. The van der Waals surface area contributed by atoms with Crippen molar-refractivity contribution in [1.29, 1.82) is 0 Å². The zero-order chi connectivity index (χ0) is 11.8. The van der Waals surface area contributed by atoms with Gasteiger partial charge in [-0.1, -0.05) is 17.7 Å². The second-order valence-corrected chi connectivity index (χ2v) is 3.93. The normalized spacial score (nSPS) is 14.9. The van der Waals surface area contributed by atoms with Crippen LogP contribution in [0.25, 0.3) is 0 Å². The van der Waals surface area contributed by atoms with Crippen molar-refractivity contribution in [2.75, 3.05) is 13.1 Å². The van der Waals surface area contributed by atoms with E-state index in [-0.39, 0.29) is 6.03 Å². The molecule has 0 unspecified atom stereocenters. The third-order valence-electron chi connectivity index (χ3n) is 2.30. The van der Waals surface area contributed by atoms with Gasteiger partial charge in [-0.05, 0) is 31.4 Å². The zero-order valence-electron chi connectivity index (χ0n) is 9.10. The van der Waals surface area contributed by atoms with E-state index in [4.69, 9.17) is 17.3 Å². The van der Waals surface area contributed by atoms with Crippen LogP contribution in [-0.4, -0.2) is 29.0 Å². The van der Waals surface area contributed by atoms with Gasteiger partial charge in [0, 0.05) is 19.3 Å². The van der Waals surface area contributed by atoms with E-state index in [0.29, 0.717) is 5.15 Å². The summed E-state index contributed by atoms with van der Waals surface area (Å²) in [6.45, 7) is 1.71. The van der Waals surface area contributed by atoms with Gasteiger partial charge >= 0.3 is 6.03 Å². The molecule has 0 aromatic carbocycles. The molecular weight excluding hydrogens is 226 g/mol. The number of likely N-dealkylation sites (tertiary alicyclic amines) is 1. The number of amides is 2. The Kier molecular flexibility index (Phi) is 5.64. The molecule has 1 aliphatic rings. The lowest BCUT2D eigenvalue weighted by molar-refractivity contribution is 0.196. The second kappa shape index (κ2) is 7.06. The highest BCUT2D eigenvalue weighted by Crippen LogP contribution is 2.07. The van der Waals surface area contributed by atoms with Crippen LogP contribution >= 0.6 is 11.6 Å². The number of nitrogens with two attached hydrogens (primary N) is 1. The molecular formula is C11H16ClN3O. The maximum Gasteiger partial charge on any atom is 0.314 e. The van der Waals surface area contributed by atoms with E-state index in [1.165, 1.54) is 6.42 Å². The Morgan fingerprint density at radius 2 is 2.00 bits per heavy atom. The summed E-state index contributed by atoms with van der Waals surface area (Å²) >= 11 is 5.43. The molecule has 2 heterocycles. The average Bonchev–Trinajstić information content (AvgIpc) is 2.32. The van der Waals surface area contributed by atoms with E-state index in [2.05, 4.69) is 4.98 Å². The van der Waals surface area contributed by atoms with Crippen LogP contribution in [0.2, 0.25) is 5.15 Å². The predicted octanol–water partition coefficient (Wildman–Crippen LogP) is 2.29. The monoisotopic (exact) mass is 241 g/mol. The number of pyridine rings is 1. The predicted molar refractivity (Wildman–Crippen MR) is 64.3 cm³/mol. The summed E-state index contributed by atoms with van der Waals surface area (Å²) in [5.74, 6) is 0. The SMILES string of the molecule is Clc1ccccn1.NC(=O)N1CCCCC1. The number of nitrogens with zero attached hydrogens (tertiary/aromatic N) is 2. The van der Waals surface area contributed by atoms with Gasteiger partial charge in [0.1, 0.15) is 5.15 Å². The van der Waals surface area contributed by atoms with E-state index in [9.17, 15) is 4.79 Å². The average molecular weight is 242 g/mol. The van der Waals surface area contributed by atoms with E-state index < -0.39 is 0 Å². The number of rotatable bonds is 0. The first-order valence-corrected chi connectivity index (χ1v) is 5.69. The van der Waals surface area contributed by atoms with Crippen LogP contribution in [0.3, 0.4) is 0 Å². The quantitative estimate of drug-likeness (QED) is 0.709. The lowest BCUT2D eigenvalue weighted by Crippen LogP contribution is -2.39. The van der Waals surface area contributed by atoms with Crippen molar-refractivity contribution in [1.82, 2.24) is 9.88 Å². The summed E-state index contributed by atoms with van der Waals surface area (Å²) in [4.78, 5) is 15.9. The second-order valence-electron chi connectivity index (χ2n) is 3.54. The number of carbonyl (C=O) groups is 1. The van der Waals surface area contributed by atoms with E-state index in [1.807, 2.05) is 12.1 Å². The van der Waals surface area contributed by atoms with Gasteiger partial charge in [-0.25, -0.2) is 9.78 Å². The zero-order valence-corrected chi connectivity index (χ0v) is 9.86. The minimum absolute atomic E-state index is 0.269. The molecule has 2 rings (SSSR count). The van der Waals surface area contributed by atoms with Gasteiger partial charge in [0.15, 0.2) is 0 Å². The lowest BCUT2D eigenvalue weighted by atomic mass is 10.1. The smallest absolute Gasteiger partial charge is 0.314 e. The first-order chi connectivity index (χ1) is 7.70. The van der Waals surface area contributed by atoms with Gasteiger partial charge in [0.05, 0.1) is 0 Å². The van der Waals surface area contributed by atoms with Gasteiger partial charge in [-0.2, -0.15) is 0 Å². The number of primary amides is 1. The highest BCUT2D eigenvalue weighted by atomic mass is 35.5. The first kappa shape index (κ1) is 12.8. The Morgan fingerprint density at radius 3 is 2.31 bits per heavy atom. The molecule has 88 valence electrons. The standard InChI is InChI=1S/C6H12N2O.C5H4ClN/c7-6(9)8-4-2-1-3-5-8;6-5-3-1-2-4-7-5/h1-5H2,(H2,7,9);1-4H. The largest absolute Gasteiger partial charge is 0.351 e. The van der Waals surface area contributed by atoms with Crippen molar-refractivity contribution in [2.24, 2.45) is 5.73 Å². The van der Waals surface area contributed by atoms with Crippen molar-refractivity contribution >= 4 is 17.6 Å². The molecule has 5 heteroatoms. The summed E-state index contributed by atoms with van der Waals surface area (Å²) in [5, 5.41) is 0.544. The third kappa shape index (κ3) is 4.98. The number of piperidine rings is 1. The summed E-state index contributed by atoms with van der Waals surface area (Å²) in [7, 11) is 0. The fourth-order valence-corrected chi connectivity index (χ4v) is 1.59. The van der Waals surface area contributed by atoms with Gasteiger partial charge in [-0.3, -0.25) is 0 Å². The third-order valence-corrected chi connectivity index (χ3v) is 2.52. The summed E-state index contributed by atoms with van der Waals surface area (Å²) in [5.41, 5.74) is 5.05. The molecule has 0 atom stereocenters. The summed E-state index contributed by atoms with van der Waals surface area (Å²) in [6, 6.07) is 5.14. The Labute approximate surface area is 100 Å². The molecule has 1 fully saturated rings. The number of carbonyl (C=O) groups excluding carboxylic acids is 1. The van der Waals surface area contributed by atoms with Gasteiger partial charge in [0.2, 0.25) is 0 Å². The van der Waals surface area contributed by atoms with Crippen LogP contribution in [0, 0.1) is 0 Å². The Morgan fingerprint density at radius 1 is 1.31 bits per heavy atom. The fourth-order valence-electron chi connectivity index (χ4n) is 1.46. The molecule has 0 aliphatic carbocycles. The maximum absolute atomic E-state index is 10.5. The number of aromatic nitrogens is 1. The van der Waals surface area contributed by atoms with E-state index >= 15 is 0 Å². The van der Waals surface area contributed by atoms with Crippen molar-refractivity contribution in [3.8, 4) is 0 Å². The maximum atomic E-state index is 10.5. The first-order valence-electron chi connectivity index (χ1n) is 5.31. The molecule has 1 saturated heterocycles. The van der Waals surface area contributed by atoms with Crippen LogP contribution < -0.4 is 5.73 Å². The molecule has 1 aromatic rings. The van der Waals surface area contributed by atoms with Crippen LogP contribution in [0.15, 0.2) is 24.4 Å². The Hall–Kier alpha value is -1.29. The van der Waals surface area contributed by atoms with Crippen LogP contribution in [0.5, 0.6) is 0 Å². The van der Waals surface area contributed by atoms with Crippen molar-refractivity contribution in [3.63, 3.8) is 0 Å². The summed E-state index contributed by atoms with van der Waals surface area (Å²) in [6.07, 6.45) is 5.12. The van der Waals surface area contributed by atoms with Gasteiger partial charge in [0.25, 0.3) is 0 Å². The molecule has 0 bridgehead atoms. The molecule has 1 aromatic heterocycles. The Balaban J connectivity index is 0.000000165. The fraction of sp³-hybridized carbons (Fsp3) is 0.455. The van der Waals surface area contributed by atoms with Crippen LogP contribution in [0.4, 0.5) is 4.79 Å². The molecule has 4 nitrogen and oxygen atoms in total. The molecule has 2 N–H and O–H groups in total. The number of hydrogen-bond acceptors (Lipinski definition) is 2. The number of halogens is 1. The topological polar surface area (TPSA) is 59.2 Å².